The number of anilines is 3. The standard InChI is InChI=1S/C17H20FN3O2/c1-3-23-17(22)21-16-8-11(2)15(9-14(16)19)20-10-12-4-6-13(18)7-5-12/h4-9,20H,3,10,19H2,1-2H3,(H,21,22). The van der Waals surface area contributed by atoms with E-state index in [0.717, 1.165) is 16.8 Å². The van der Waals surface area contributed by atoms with E-state index < -0.39 is 6.09 Å². The Balaban J connectivity index is 2.07. The Kier molecular flexibility index (Phi) is 5.41. The van der Waals surface area contributed by atoms with E-state index in [2.05, 4.69) is 10.6 Å². The van der Waals surface area contributed by atoms with Gasteiger partial charge in [0.2, 0.25) is 0 Å². The molecule has 0 atom stereocenters. The van der Waals surface area contributed by atoms with E-state index in [1.165, 1.54) is 12.1 Å². The van der Waals surface area contributed by atoms with Crippen molar-refractivity contribution < 1.29 is 13.9 Å². The first kappa shape index (κ1) is 16.6. The Bertz CT molecular complexity index is 687. The maximum atomic E-state index is 12.9. The SMILES string of the molecule is CCOC(=O)Nc1cc(C)c(NCc2ccc(F)cc2)cc1N. The van der Waals surface area contributed by atoms with Crippen LogP contribution in [-0.4, -0.2) is 12.7 Å². The average molecular weight is 317 g/mol. The summed E-state index contributed by atoms with van der Waals surface area (Å²) in [5.41, 5.74) is 9.64. The van der Waals surface area contributed by atoms with Crippen molar-refractivity contribution in [2.75, 3.05) is 23.0 Å². The van der Waals surface area contributed by atoms with Gasteiger partial charge in [-0.15, -0.1) is 0 Å². The minimum Gasteiger partial charge on any atom is -0.450 e. The van der Waals surface area contributed by atoms with Gasteiger partial charge in [-0.2, -0.15) is 0 Å². The molecule has 0 heterocycles. The van der Waals surface area contributed by atoms with E-state index >= 15 is 0 Å². The number of amides is 1. The van der Waals surface area contributed by atoms with Gasteiger partial charge in [0, 0.05) is 12.2 Å². The van der Waals surface area contributed by atoms with E-state index in [0.29, 0.717) is 24.5 Å². The van der Waals surface area contributed by atoms with Gasteiger partial charge in [0.05, 0.1) is 18.0 Å². The molecule has 23 heavy (non-hydrogen) atoms. The molecule has 2 rings (SSSR count). The van der Waals surface area contributed by atoms with Crippen LogP contribution in [-0.2, 0) is 11.3 Å². The van der Waals surface area contributed by atoms with Gasteiger partial charge in [-0.25, -0.2) is 9.18 Å². The second kappa shape index (κ2) is 7.49. The predicted octanol–water partition coefficient (Wildman–Crippen LogP) is 3.90. The molecule has 2 aromatic carbocycles. The summed E-state index contributed by atoms with van der Waals surface area (Å²) in [7, 11) is 0. The smallest absolute Gasteiger partial charge is 0.411 e. The maximum Gasteiger partial charge on any atom is 0.411 e. The molecule has 0 aromatic heterocycles. The van der Waals surface area contributed by atoms with Gasteiger partial charge in [-0.1, -0.05) is 12.1 Å². The van der Waals surface area contributed by atoms with Crippen LogP contribution in [0.2, 0.25) is 0 Å². The number of carbonyl (C=O) groups excluding carboxylic acids is 1. The molecule has 4 N–H and O–H groups in total. The number of nitrogens with one attached hydrogen (secondary N) is 2. The van der Waals surface area contributed by atoms with Crippen LogP contribution in [0.15, 0.2) is 36.4 Å². The van der Waals surface area contributed by atoms with Crippen LogP contribution in [0.1, 0.15) is 18.1 Å². The Morgan fingerprint density at radius 1 is 1.22 bits per heavy atom. The fourth-order valence-corrected chi connectivity index (χ4v) is 2.10. The minimum atomic E-state index is -0.536. The third-order valence-electron chi connectivity index (χ3n) is 3.30. The molecule has 0 aliphatic rings. The molecule has 2 aromatic rings. The topological polar surface area (TPSA) is 76.4 Å². The molecule has 0 saturated carbocycles. The first-order valence-electron chi connectivity index (χ1n) is 7.31. The summed E-state index contributed by atoms with van der Waals surface area (Å²) in [6.45, 7) is 4.48. The van der Waals surface area contributed by atoms with Gasteiger partial charge in [0.25, 0.3) is 0 Å². The zero-order valence-corrected chi connectivity index (χ0v) is 13.2. The third-order valence-corrected chi connectivity index (χ3v) is 3.30. The van der Waals surface area contributed by atoms with Crippen molar-refractivity contribution >= 4 is 23.2 Å². The van der Waals surface area contributed by atoms with Crippen LogP contribution >= 0.6 is 0 Å². The molecular formula is C17H20FN3O2. The number of aryl methyl sites for hydroxylation is 1. The summed E-state index contributed by atoms with van der Waals surface area (Å²) >= 11 is 0. The number of nitrogen functional groups attached to an aromatic ring is 1. The van der Waals surface area contributed by atoms with Crippen molar-refractivity contribution in [2.45, 2.75) is 20.4 Å². The lowest BCUT2D eigenvalue weighted by Gasteiger charge is -2.14. The van der Waals surface area contributed by atoms with Crippen LogP contribution in [0.5, 0.6) is 0 Å². The average Bonchev–Trinajstić information content (AvgIpc) is 2.51. The zero-order valence-electron chi connectivity index (χ0n) is 13.2. The molecule has 122 valence electrons. The third kappa shape index (κ3) is 4.60. The van der Waals surface area contributed by atoms with Gasteiger partial charge < -0.3 is 15.8 Å². The molecule has 0 bridgehead atoms. The Morgan fingerprint density at radius 2 is 1.91 bits per heavy atom. The van der Waals surface area contributed by atoms with E-state index in [1.807, 2.05) is 6.92 Å². The van der Waals surface area contributed by atoms with Crippen molar-refractivity contribution in [3.8, 4) is 0 Å². The first-order chi connectivity index (χ1) is 11.0. The van der Waals surface area contributed by atoms with Crippen LogP contribution in [0.4, 0.5) is 26.2 Å². The van der Waals surface area contributed by atoms with E-state index in [9.17, 15) is 9.18 Å². The molecule has 0 aliphatic carbocycles. The van der Waals surface area contributed by atoms with Gasteiger partial charge in [-0.05, 0) is 49.2 Å². The summed E-state index contributed by atoms with van der Waals surface area (Å²) in [5, 5.41) is 5.85. The van der Waals surface area contributed by atoms with Crippen LogP contribution in [0, 0.1) is 12.7 Å². The maximum absolute atomic E-state index is 12.9. The van der Waals surface area contributed by atoms with Gasteiger partial charge in [0.15, 0.2) is 0 Å². The molecule has 0 radical (unpaired) electrons. The quantitative estimate of drug-likeness (QED) is 0.731. The minimum absolute atomic E-state index is 0.261. The highest BCUT2D eigenvalue weighted by Crippen LogP contribution is 2.27. The molecule has 1 amide bonds. The lowest BCUT2D eigenvalue weighted by molar-refractivity contribution is 0.168. The molecule has 0 spiro atoms. The fourth-order valence-electron chi connectivity index (χ4n) is 2.10. The van der Waals surface area contributed by atoms with Crippen molar-refractivity contribution in [1.82, 2.24) is 0 Å². The molecule has 0 unspecified atom stereocenters. The fraction of sp³-hybridized carbons (Fsp3) is 0.235. The predicted molar refractivity (Wildman–Crippen MR) is 90.0 cm³/mol. The number of hydrogen-bond acceptors (Lipinski definition) is 4. The normalized spacial score (nSPS) is 10.2. The number of hydrogen-bond donors (Lipinski definition) is 3. The van der Waals surface area contributed by atoms with E-state index in [-0.39, 0.29) is 5.82 Å². The highest BCUT2D eigenvalue weighted by Gasteiger charge is 2.09. The number of benzene rings is 2. The molecular weight excluding hydrogens is 297 g/mol. The summed E-state index contributed by atoms with van der Waals surface area (Å²) < 4.78 is 17.7. The van der Waals surface area contributed by atoms with Crippen LogP contribution < -0.4 is 16.4 Å². The molecule has 5 nitrogen and oxygen atoms in total. The number of ether oxygens (including phenoxy) is 1. The van der Waals surface area contributed by atoms with E-state index in [4.69, 9.17) is 10.5 Å². The Hall–Kier alpha value is -2.76. The van der Waals surface area contributed by atoms with E-state index in [1.54, 1.807) is 31.2 Å². The number of rotatable bonds is 5. The van der Waals surface area contributed by atoms with Gasteiger partial charge in [0.1, 0.15) is 5.82 Å². The molecule has 6 heteroatoms. The van der Waals surface area contributed by atoms with Crippen molar-refractivity contribution in [3.05, 3.63) is 53.3 Å². The first-order valence-corrected chi connectivity index (χ1v) is 7.31. The second-order valence-corrected chi connectivity index (χ2v) is 5.08. The summed E-state index contributed by atoms with van der Waals surface area (Å²) in [4.78, 5) is 11.5. The van der Waals surface area contributed by atoms with Crippen molar-refractivity contribution in [3.63, 3.8) is 0 Å². The lowest BCUT2D eigenvalue weighted by Crippen LogP contribution is -2.15. The zero-order chi connectivity index (χ0) is 16.8. The number of carbonyl (C=O) groups is 1. The second-order valence-electron chi connectivity index (χ2n) is 5.08. The molecule has 0 aliphatic heterocycles. The Labute approximate surface area is 134 Å². The van der Waals surface area contributed by atoms with Crippen LogP contribution in [0.3, 0.4) is 0 Å². The lowest BCUT2D eigenvalue weighted by atomic mass is 10.1. The highest BCUT2D eigenvalue weighted by atomic mass is 19.1. The van der Waals surface area contributed by atoms with Gasteiger partial charge in [-0.3, -0.25) is 5.32 Å². The summed E-state index contributed by atoms with van der Waals surface area (Å²) in [6, 6.07) is 9.81. The molecule has 0 fully saturated rings. The highest BCUT2D eigenvalue weighted by molar-refractivity contribution is 5.90. The number of halogens is 1. The van der Waals surface area contributed by atoms with Crippen molar-refractivity contribution in [2.24, 2.45) is 0 Å². The largest absolute Gasteiger partial charge is 0.450 e. The summed E-state index contributed by atoms with van der Waals surface area (Å²) in [6.07, 6.45) is -0.536. The van der Waals surface area contributed by atoms with Crippen LogP contribution in [0.25, 0.3) is 0 Å². The van der Waals surface area contributed by atoms with Crippen molar-refractivity contribution in [1.29, 1.82) is 0 Å². The monoisotopic (exact) mass is 317 g/mol. The molecule has 0 saturated heterocycles. The summed E-state index contributed by atoms with van der Waals surface area (Å²) in [5.74, 6) is -0.261. The number of nitrogens with two attached hydrogens (primary N) is 1. The van der Waals surface area contributed by atoms with Gasteiger partial charge >= 0.3 is 6.09 Å². The Morgan fingerprint density at radius 3 is 2.57 bits per heavy atom.